The molecule has 0 unspecified atom stereocenters. The Balaban J connectivity index is 1.27. The molecule has 0 aliphatic carbocycles. The molecule has 2 aliphatic rings. The number of carbonyl (C=O) groups excluding carboxylic acids is 1. The Labute approximate surface area is 176 Å². The van der Waals surface area contributed by atoms with Crippen molar-refractivity contribution in [1.29, 1.82) is 0 Å². The van der Waals surface area contributed by atoms with Crippen molar-refractivity contribution >= 4 is 5.78 Å². The van der Waals surface area contributed by atoms with Crippen LogP contribution in [-0.4, -0.2) is 59.0 Å². The first-order chi connectivity index (χ1) is 14.5. The molecule has 6 heteroatoms. The highest BCUT2D eigenvalue weighted by molar-refractivity contribution is 5.97. The number of nitrogens with zero attached hydrogens (tertiary/aromatic N) is 2. The van der Waals surface area contributed by atoms with Crippen molar-refractivity contribution in [3.63, 3.8) is 0 Å². The van der Waals surface area contributed by atoms with Gasteiger partial charge in [-0.1, -0.05) is 12.1 Å². The van der Waals surface area contributed by atoms with Gasteiger partial charge in [0.05, 0.1) is 6.10 Å². The topological polar surface area (TPSA) is 43.8 Å². The number of rotatable bonds is 5. The van der Waals surface area contributed by atoms with Gasteiger partial charge in [0.25, 0.3) is 0 Å². The quantitative estimate of drug-likeness (QED) is 0.761. The average molecular weight is 414 g/mol. The molecule has 4 nitrogen and oxygen atoms in total. The van der Waals surface area contributed by atoms with Crippen LogP contribution in [0.15, 0.2) is 48.5 Å². The monoisotopic (exact) mass is 414 g/mol. The summed E-state index contributed by atoms with van der Waals surface area (Å²) in [5.74, 6) is -0.522. The van der Waals surface area contributed by atoms with Crippen LogP contribution in [0.3, 0.4) is 0 Å². The van der Waals surface area contributed by atoms with Crippen LogP contribution >= 0.6 is 0 Å². The summed E-state index contributed by atoms with van der Waals surface area (Å²) in [6, 6.07) is 12.4. The van der Waals surface area contributed by atoms with Gasteiger partial charge in [-0.2, -0.15) is 0 Å². The molecular weight excluding hydrogens is 386 g/mol. The molecule has 0 bridgehead atoms. The molecule has 2 heterocycles. The molecule has 2 atom stereocenters. The molecule has 2 aliphatic heterocycles. The number of likely N-dealkylation sites (tertiary alicyclic amines) is 2. The third kappa shape index (κ3) is 4.94. The number of hydrogen-bond donors (Lipinski definition) is 1. The van der Waals surface area contributed by atoms with E-state index in [0.29, 0.717) is 18.7 Å². The van der Waals surface area contributed by atoms with Gasteiger partial charge in [0, 0.05) is 37.2 Å². The zero-order valence-electron chi connectivity index (χ0n) is 17.0. The Morgan fingerprint density at radius 1 is 0.900 bits per heavy atom. The number of carbonyl (C=O) groups is 1. The molecule has 160 valence electrons. The van der Waals surface area contributed by atoms with Gasteiger partial charge in [-0.15, -0.1) is 0 Å². The normalized spacial score (nSPS) is 24.1. The van der Waals surface area contributed by atoms with Crippen LogP contribution in [0.25, 0.3) is 0 Å². The summed E-state index contributed by atoms with van der Waals surface area (Å²) >= 11 is 0. The minimum atomic E-state index is -0.441. The van der Waals surface area contributed by atoms with Crippen LogP contribution < -0.4 is 0 Å². The van der Waals surface area contributed by atoms with E-state index in [1.165, 1.54) is 24.3 Å². The molecule has 2 fully saturated rings. The standard InChI is InChI=1S/C24H28F2N2O2/c25-20-5-1-17(2-6-20)15-27-12-11-22(23(29)16-27)28-13-9-19(10-14-28)24(30)18-3-7-21(26)8-4-18/h1-8,19,22-23,29H,9-16H2/t22-,23+/m0/s1. The molecule has 2 aromatic rings. The lowest BCUT2D eigenvalue weighted by Gasteiger charge is -2.44. The second-order valence-corrected chi connectivity index (χ2v) is 8.47. The highest BCUT2D eigenvalue weighted by atomic mass is 19.1. The van der Waals surface area contributed by atoms with E-state index in [-0.39, 0.29) is 29.4 Å². The molecule has 2 saturated heterocycles. The van der Waals surface area contributed by atoms with Gasteiger partial charge in [0.1, 0.15) is 11.6 Å². The van der Waals surface area contributed by atoms with Crippen molar-refractivity contribution in [1.82, 2.24) is 9.80 Å². The summed E-state index contributed by atoms with van der Waals surface area (Å²) in [6.45, 7) is 3.76. The highest BCUT2D eigenvalue weighted by Gasteiger charge is 2.35. The average Bonchev–Trinajstić information content (AvgIpc) is 2.76. The van der Waals surface area contributed by atoms with Crippen LogP contribution in [0.4, 0.5) is 8.78 Å². The Bertz CT molecular complexity index is 849. The van der Waals surface area contributed by atoms with Crippen molar-refractivity contribution in [2.45, 2.75) is 38.0 Å². The number of ketones is 1. The Hall–Kier alpha value is -2.15. The fraction of sp³-hybridized carbons (Fsp3) is 0.458. The molecule has 4 rings (SSSR count). The smallest absolute Gasteiger partial charge is 0.166 e. The molecule has 2 aromatic carbocycles. The fourth-order valence-corrected chi connectivity index (χ4v) is 4.75. The van der Waals surface area contributed by atoms with E-state index in [0.717, 1.165) is 44.5 Å². The molecule has 0 spiro atoms. The molecule has 0 aromatic heterocycles. The van der Waals surface area contributed by atoms with Crippen molar-refractivity contribution in [3.05, 3.63) is 71.3 Å². The van der Waals surface area contributed by atoms with Crippen LogP contribution in [0.2, 0.25) is 0 Å². The summed E-state index contributed by atoms with van der Waals surface area (Å²) in [5.41, 5.74) is 1.62. The van der Waals surface area contributed by atoms with Crippen molar-refractivity contribution < 1.29 is 18.7 Å². The van der Waals surface area contributed by atoms with E-state index >= 15 is 0 Å². The lowest BCUT2D eigenvalue weighted by atomic mass is 9.87. The number of Topliss-reactive ketones (excluding diaryl/α,β-unsaturated/α-hetero) is 1. The van der Waals surface area contributed by atoms with E-state index in [1.54, 1.807) is 24.3 Å². The molecule has 1 N–H and O–H groups in total. The first-order valence-electron chi connectivity index (χ1n) is 10.7. The number of halogens is 2. The van der Waals surface area contributed by atoms with Crippen LogP contribution in [0.5, 0.6) is 0 Å². The van der Waals surface area contributed by atoms with Gasteiger partial charge in [-0.25, -0.2) is 8.78 Å². The number of benzene rings is 2. The highest BCUT2D eigenvalue weighted by Crippen LogP contribution is 2.27. The third-order valence-corrected chi connectivity index (χ3v) is 6.45. The molecule has 30 heavy (non-hydrogen) atoms. The Morgan fingerprint density at radius 3 is 2.10 bits per heavy atom. The minimum Gasteiger partial charge on any atom is -0.390 e. The van der Waals surface area contributed by atoms with Gasteiger partial charge < -0.3 is 5.11 Å². The first-order valence-corrected chi connectivity index (χ1v) is 10.7. The number of aliphatic hydroxyl groups excluding tert-OH is 1. The van der Waals surface area contributed by atoms with Crippen molar-refractivity contribution in [2.24, 2.45) is 5.92 Å². The summed E-state index contributed by atoms with van der Waals surface area (Å²) in [4.78, 5) is 17.2. The van der Waals surface area contributed by atoms with Gasteiger partial charge >= 0.3 is 0 Å². The lowest BCUT2D eigenvalue weighted by molar-refractivity contribution is -0.0251. The van der Waals surface area contributed by atoms with Crippen LogP contribution in [0, 0.1) is 17.6 Å². The predicted molar refractivity (Wildman–Crippen MR) is 111 cm³/mol. The fourth-order valence-electron chi connectivity index (χ4n) is 4.75. The van der Waals surface area contributed by atoms with Gasteiger partial charge in [-0.05, 0) is 74.3 Å². The third-order valence-electron chi connectivity index (χ3n) is 6.45. The van der Waals surface area contributed by atoms with E-state index in [4.69, 9.17) is 0 Å². The van der Waals surface area contributed by atoms with E-state index in [2.05, 4.69) is 9.80 Å². The maximum Gasteiger partial charge on any atom is 0.166 e. The Morgan fingerprint density at radius 2 is 1.50 bits per heavy atom. The summed E-state index contributed by atoms with van der Waals surface area (Å²) < 4.78 is 26.2. The lowest BCUT2D eigenvalue weighted by Crippen LogP contribution is -2.55. The van der Waals surface area contributed by atoms with E-state index in [1.807, 2.05) is 0 Å². The molecular formula is C24H28F2N2O2. The molecule has 0 saturated carbocycles. The van der Waals surface area contributed by atoms with E-state index in [9.17, 15) is 18.7 Å². The largest absolute Gasteiger partial charge is 0.390 e. The minimum absolute atomic E-state index is 0.0394. The summed E-state index contributed by atoms with van der Waals surface area (Å²) in [5, 5.41) is 10.7. The van der Waals surface area contributed by atoms with E-state index < -0.39 is 6.10 Å². The summed E-state index contributed by atoms with van der Waals surface area (Å²) in [7, 11) is 0. The van der Waals surface area contributed by atoms with Crippen molar-refractivity contribution in [3.8, 4) is 0 Å². The maximum absolute atomic E-state index is 13.1. The van der Waals surface area contributed by atoms with Crippen molar-refractivity contribution in [2.75, 3.05) is 26.2 Å². The van der Waals surface area contributed by atoms with Crippen LogP contribution in [0.1, 0.15) is 35.2 Å². The maximum atomic E-state index is 13.1. The predicted octanol–water partition coefficient (Wildman–Crippen LogP) is 3.49. The molecule has 0 radical (unpaired) electrons. The van der Waals surface area contributed by atoms with Gasteiger partial charge in [0.15, 0.2) is 5.78 Å². The number of piperidine rings is 2. The zero-order valence-corrected chi connectivity index (χ0v) is 17.0. The van der Waals surface area contributed by atoms with Gasteiger partial charge in [-0.3, -0.25) is 14.6 Å². The second-order valence-electron chi connectivity index (χ2n) is 8.47. The second kappa shape index (κ2) is 9.33. The first kappa shape index (κ1) is 21.1. The number of β-amino-alcohol motifs (C(OH)–C–C–N with tert-alkyl or cyclic N) is 1. The molecule has 0 amide bonds. The Kier molecular flexibility index (Phi) is 6.56. The summed E-state index contributed by atoms with van der Waals surface area (Å²) in [6.07, 6.45) is 1.96. The number of hydrogen-bond acceptors (Lipinski definition) is 4. The zero-order chi connectivity index (χ0) is 21.1. The van der Waals surface area contributed by atoms with Gasteiger partial charge in [0.2, 0.25) is 0 Å². The van der Waals surface area contributed by atoms with Crippen LogP contribution in [-0.2, 0) is 6.54 Å². The SMILES string of the molecule is O=C(c1ccc(F)cc1)C1CCN([C@H]2CCN(Cc3ccc(F)cc3)C[C@H]2O)CC1. The number of aliphatic hydroxyl groups is 1.